The molecule has 0 atom stereocenters. The van der Waals surface area contributed by atoms with Crippen molar-refractivity contribution in [2.24, 2.45) is 0 Å². The molecule has 1 aromatic heterocycles. The van der Waals surface area contributed by atoms with Gasteiger partial charge in [-0.25, -0.2) is 9.18 Å². The molecular formula is C24H17FINO6S. The van der Waals surface area contributed by atoms with Crippen molar-refractivity contribution in [3.63, 3.8) is 0 Å². The Balaban J connectivity index is 1.43. The van der Waals surface area contributed by atoms with E-state index in [1.807, 2.05) is 6.07 Å². The van der Waals surface area contributed by atoms with E-state index in [1.165, 1.54) is 31.4 Å². The highest BCUT2D eigenvalue weighted by Gasteiger charge is 2.35. The van der Waals surface area contributed by atoms with Crippen molar-refractivity contribution in [3.8, 4) is 5.75 Å². The first-order chi connectivity index (χ1) is 16.3. The number of thioether (sulfide) groups is 1. The lowest BCUT2D eigenvalue weighted by Gasteiger charge is -2.10. The standard InChI is InChI=1S/C24H17FINO6S/c1-31-23(29)20-9-7-17(33-20)12-27-22(28)21(34-24(27)30)11-15-4-8-19(18(26)10-15)32-13-14-2-5-16(25)6-3-14/h2-11H,12-13H2,1H3/b21-11+. The predicted octanol–water partition coefficient (Wildman–Crippen LogP) is 5.63. The second-order valence-corrected chi connectivity index (χ2v) is 9.29. The van der Waals surface area contributed by atoms with E-state index in [1.54, 1.807) is 30.3 Å². The monoisotopic (exact) mass is 593 g/mol. The number of nitrogens with zero attached hydrogens (tertiary/aromatic N) is 1. The minimum Gasteiger partial charge on any atom is -0.488 e. The fourth-order valence-electron chi connectivity index (χ4n) is 3.08. The highest BCUT2D eigenvalue weighted by Crippen LogP contribution is 2.34. The van der Waals surface area contributed by atoms with Crippen molar-refractivity contribution < 1.29 is 32.7 Å². The Morgan fingerprint density at radius 1 is 1.15 bits per heavy atom. The number of amides is 2. The van der Waals surface area contributed by atoms with Crippen LogP contribution in [0.2, 0.25) is 0 Å². The summed E-state index contributed by atoms with van der Waals surface area (Å²) in [5, 5.41) is -0.429. The third-order valence-corrected chi connectivity index (χ3v) is 6.55. The molecule has 0 saturated carbocycles. The van der Waals surface area contributed by atoms with Gasteiger partial charge in [0.1, 0.15) is 23.9 Å². The Bertz CT molecular complexity index is 1290. The molecule has 1 saturated heterocycles. The summed E-state index contributed by atoms with van der Waals surface area (Å²) >= 11 is 2.96. The van der Waals surface area contributed by atoms with Gasteiger partial charge in [0.2, 0.25) is 5.76 Å². The SMILES string of the molecule is COC(=O)c1ccc(CN2C(=O)S/C(=C/c3ccc(OCc4ccc(F)cc4)c(I)c3)C2=O)o1. The molecule has 0 N–H and O–H groups in total. The van der Waals surface area contributed by atoms with Gasteiger partial charge in [0.25, 0.3) is 11.1 Å². The van der Waals surface area contributed by atoms with E-state index < -0.39 is 17.1 Å². The second kappa shape index (κ2) is 10.4. The van der Waals surface area contributed by atoms with Crippen LogP contribution in [0.1, 0.15) is 27.4 Å². The number of imide groups is 1. The van der Waals surface area contributed by atoms with Crippen LogP contribution in [0, 0.1) is 9.39 Å². The van der Waals surface area contributed by atoms with Crippen LogP contribution in [0.15, 0.2) is 63.9 Å². The topological polar surface area (TPSA) is 86.0 Å². The number of furan rings is 1. The van der Waals surface area contributed by atoms with Gasteiger partial charge < -0.3 is 13.9 Å². The number of carbonyl (C=O) groups excluding carboxylic acids is 3. The summed E-state index contributed by atoms with van der Waals surface area (Å²) < 4.78 is 29.6. The maximum absolute atomic E-state index is 13.0. The summed E-state index contributed by atoms with van der Waals surface area (Å²) in [6.45, 7) is 0.200. The quantitative estimate of drug-likeness (QED) is 0.200. The van der Waals surface area contributed by atoms with Gasteiger partial charge in [0, 0.05) is 0 Å². The molecule has 1 fully saturated rings. The van der Waals surface area contributed by atoms with E-state index >= 15 is 0 Å². The van der Waals surface area contributed by atoms with Crippen LogP contribution < -0.4 is 4.74 Å². The maximum atomic E-state index is 13.0. The van der Waals surface area contributed by atoms with Crippen LogP contribution in [0.4, 0.5) is 9.18 Å². The third-order valence-electron chi connectivity index (χ3n) is 4.80. The van der Waals surface area contributed by atoms with Crippen molar-refractivity contribution in [1.82, 2.24) is 4.90 Å². The average molecular weight is 593 g/mol. The summed E-state index contributed by atoms with van der Waals surface area (Å²) in [6.07, 6.45) is 1.64. The molecule has 2 amide bonds. The summed E-state index contributed by atoms with van der Waals surface area (Å²) in [5.41, 5.74) is 1.57. The fraction of sp³-hybridized carbons (Fsp3) is 0.125. The summed E-state index contributed by atoms with van der Waals surface area (Å²) in [6, 6.07) is 14.4. The number of esters is 1. The van der Waals surface area contributed by atoms with E-state index in [4.69, 9.17) is 9.15 Å². The molecule has 3 aromatic rings. The first-order valence-corrected chi connectivity index (χ1v) is 11.8. The largest absolute Gasteiger partial charge is 0.488 e. The minimum absolute atomic E-state index is 0.00340. The molecule has 2 aromatic carbocycles. The van der Waals surface area contributed by atoms with Gasteiger partial charge in [0.05, 0.1) is 22.1 Å². The van der Waals surface area contributed by atoms with Gasteiger partial charge in [-0.3, -0.25) is 14.5 Å². The number of methoxy groups -OCH3 is 1. The highest BCUT2D eigenvalue weighted by atomic mass is 127. The first-order valence-electron chi connectivity index (χ1n) is 9.93. The van der Waals surface area contributed by atoms with E-state index in [0.717, 1.165) is 31.4 Å². The number of rotatable bonds is 7. The molecule has 4 rings (SSSR count). The molecule has 0 bridgehead atoms. The molecule has 0 unspecified atom stereocenters. The van der Waals surface area contributed by atoms with Crippen LogP contribution in [-0.2, 0) is 22.7 Å². The second-order valence-electron chi connectivity index (χ2n) is 7.13. The van der Waals surface area contributed by atoms with Crippen LogP contribution >= 0.6 is 34.4 Å². The fourth-order valence-corrected chi connectivity index (χ4v) is 4.62. The van der Waals surface area contributed by atoms with Crippen molar-refractivity contribution in [3.05, 3.63) is 91.5 Å². The van der Waals surface area contributed by atoms with Crippen LogP contribution in [0.5, 0.6) is 5.75 Å². The lowest BCUT2D eigenvalue weighted by Crippen LogP contribution is -2.27. The van der Waals surface area contributed by atoms with Gasteiger partial charge in [0.15, 0.2) is 0 Å². The van der Waals surface area contributed by atoms with Crippen LogP contribution in [-0.4, -0.2) is 29.1 Å². The smallest absolute Gasteiger partial charge is 0.373 e. The molecule has 1 aliphatic rings. The van der Waals surface area contributed by atoms with Crippen molar-refractivity contribution in [2.75, 3.05) is 7.11 Å². The van der Waals surface area contributed by atoms with Crippen LogP contribution in [0.3, 0.4) is 0 Å². The molecule has 0 spiro atoms. The van der Waals surface area contributed by atoms with Gasteiger partial charge in [-0.1, -0.05) is 18.2 Å². The predicted molar refractivity (Wildman–Crippen MR) is 131 cm³/mol. The third kappa shape index (κ3) is 5.50. The molecule has 0 radical (unpaired) electrons. The number of hydrogen-bond donors (Lipinski definition) is 0. The number of carbonyl (C=O) groups is 3. The number of benzene rings is 2. The Morgan fingerprint density at radius 2 is 1.91 bits per heavy atom. The number of hydrogen-bond acceptors (Lipinski definition) is 7. The van der Waals surface area contributed by atoms with E-state index in [2.05, 4.69) is 27.3 Å². The summed E-state index contributed by atoms with van der Waals surface area (Å²) in [4.78, 5) is 38.0. The molecular weight excluding hydrogens is 576 g/mol. The molecule has 34 heavy (non-hydrogen) atoms. The number of halogens is 2. The van der Waals surface area contributed by atoms with Gasteiger partial charge in [-0.15, -0.1) is 0 Å². The minimum atomic E-state index is -0.639. The van der Waals surface area contributed by atoms with E-state index in [-0.39, 0.29) is 23.0 Å². The Hall–Kier alpha value is -3.12. The van der Waals surface area contributed by atoms with Gasteiger partial charge >= 0.3 is 5.97 Å². The van der Waals surface area contributed by atoms with E-state index in [9.17, 15) is 18.8 Å². The molecule has 10 heteroatoms. The first kappa shape index (κ1) is 24.0. The molecule has 1 aliphatic heterocycles. The molecule has 2 heterocycles. The molecule has 0 aliphatic carbocycles. The summed E-state index contributed by atoms with van der Waals surface area (Å²) in [7, 11) is 1.23. The molecule has 7 nitrogen and oxygen atoms in total. The zero-order chi connectivity index (χ0) is 24.2. The van der Waals surface area contributed by atoms with Gasteiger partial charge in [-0.2, -0.15) is 0 Å². The van der Waals surface area contributed by atoms with Crippen molar-refractivity contribution in [1.29, 1.82) is 0 Å². The van der Waals surface area contributed by atoms with Gasteiger partial charge in [-0.05, 0) is 88.0 Å². The van der Waals surface area contributed by atoms with Crippen molar-refractivity contribution >= 4 is 57.5 Å². The van der Waals surface area contributed by atoms with E-state index in [0.29, 0.717) is 18.1 Å². The Labute approximate surface area is 212 Å². The average Bonchev–Trinajstić information content (AvgIpc) is 3.39. The van der Waals surface area contributed by atoms with Crippen molar-refractivity contribution in [2.45, 2.75) is 13.2 Å². The zero-order valence-corrected chi connectivity index (χ0v) is 20.7. The highest BCUT2D eigenvalue weighted by molar-refractivity contribution is 14.1. The summed E-state index contributed by atoms with van der Waals surface area (Å²) in [5.74, 6) is -0.452. The van der Waals surface area contributed by atoms with Crippen LogP contribution in [0.25, 0.3) is 6.08 Å². The normalized spacial score (nSPS) is 14.7. The molecule has 174 valence electrons. The Kier molecular flexibility index (Phi) is 7.37. The lowest BCUT2D eigenvalue weighted by atomic mass is 10.2. The number of ether oxygens (including phenoxy) is 2. The maximum Gasteiger partial charge on any atom is 0.373 e. The zero-order valence-electron chi connectivity index (χ0n) is 17.7. The lowest BCUT2D eigenvalue weighted by molar-refractivity contribution is -0.123. The Morgan fingerprint density at radius 3 is 2.62 bits per heavy atom.